The molecule has 0 heterocycles. The number of hydrogen-bond donors (Lipinski definition) is 0. The van der Waals surface area contributed by atoms with Gasteiger partial charge in [-0.1, -0.05) is 40.2 Å². The number of rotatable bonds is 7. The molecule has 4 heteroatoms. The van der Waals surface area contributed by atoms with Crippen LogP contribution < -0.4 is 14.2 Å². The third-order valence-corrected chi connectivity index (χ3v) is 3.59. The Morgan fingerprint density at radius 2 is 1.81 bits per heavy atom. The van der Waals surface area contributed by atoms with E-state index >= 15 is 0 Å². The van der Waals surface area contributed by atoms with Crippen molar-refractivity contribution in [3.63, 3.8) is 0 Å². The zero-order valence-corrected chi connectivity index (χ0v) is 14.3. The second kappa shape index (κ2) is 7.55. The average Bonchev–Trinajstić information content (AvgIpc) is 2.49. The minimum atomic E-state index is 0.0856. The van der Waals surface area contributed by atoms with Gasteiger partial charge < -0.3 is 14.2 Å². The van der Waals surface area contributed by atoms with E-state index in [9.17, 15) is 0 Å². The quantitative estimate of drug-likeness (QED) is 0.529. The molecule has 0 N–H and O–H groups in total. The summed E-state index contributed by atoms with van der Waals surface area (Å²) in [5.41, 5.74) is 0. The molecule has 3 nitrogen and oxygen atoms in total. The van der Waals surface area contributed by atoms with E-state index < -0.39 is 0 Å². The molecular formula is C17H21BrO3. The van der Waals surface area contributed by atoms with Gasteiger partial charge in [0.15, 0.2) is 11.5 Å². The SMILES string of the molecule is COc1cc(OCCCBr)c2ccccc2c1OC(C)C. The lowest BCUT2D eigenvalue weighted by atomic mass is 10.1. The summed E-state index contributed by atoms with van der Waals surface area (Å²) in [6.07, 6.45) is 1.04. The molecule has 0 saturated heterocycles. The second-order valence-corrected chi connectivity index (χ2v) is 5.80. The van der Waals surface area contributed by atoms with Crippen LogP contribution >= 0.6 is 15.9 Å². The van der Waals surface area contributed by atoms with Gasteiger partial charge in [-0.3, -0.25) is 0 Å². The van der Waals surface area contributed by atoms with E-state index in [4.69, 9.17) is 14.2 Å². The molecule has 0 radical (unpaired) electrons. The lowest BCUT2D eigenvalue weighted by Gasteiger charge is -2.18. The van der Waals surface area contributed by atoms with Gasteiger partial charge in [-0.15, -0.1) is 0 Å². The van der Waals surface area contributed by atoms with Crippen molar-refractivity contribution in [2.45, 2.75) is 26.4 Å². The molecule has 0 aliphatic carbocycles. The van der Waals surface area contributed by atoms with Crippen LogP contribution in [0.25, 0.3) is 10.8 Å². The summed E-state index contributed by atoms with van der Waals surface area (Å²) in [5, 5.41) is 2.99. The molecule has 0 saturated carbocycles. The Bertz CT molecular complexity index is 596. The van der Waals surface area contributed by atoms with Gasteiger partial charge in [0, 0.05) is 22.2 Å². The summed E-state index contributed by atoms with van der Waals surface area (Å²) in [7, 11) is 1.65. The van der Waals surface area contributed by atoms with Crippen molar-refractivity contribution in [3.8, 4) is 17.2 Å². The lowest BCUT2D eigenvalue weighted by molar-refractivity contribution is 0.232. The van der Waals surface area contributed by atoms with Gasteiger partial charge in [0.2, 0.25) is 0 Å². The van der Waals surface area contributed by atoms with Crippen LogP contribution in [0.3, 0.4) is 0 Å². The Kier molecular flexibility index (Phi) is 5.74. The first kappa shape index (κ1) is 16.0. The topological polar surface area (TPSA) is 27.7 Å². The maximum atomic E-state index is 5.94. The third kappa shape index (κ3) is 3.82. The third-order valence-electron chi connectivity index (χ3n) is 3.03. The molecule has 2 aromatic carbocycles. The summed E-state index contributed by atoms with van der Waals surface area (Å²) in [5.74, 6) is 2.31. The molecule has 2 rings (SSSR count). The highest BCUT2D eigenvalue weighted by atomic mass is 79.9. The van der Waals surface area contributed by atoms with Crippen LogP contribution in [0, 0.1) is 0 Å². The maximum absolute atomic E-state index is 5.94. The molecule has 114 valence electrons. The molecule has 0 aromatic heterocycles. The van der Waals surface area contributed by atoms with Crippen molar-refractivity contribution in [2.24, 2.45) is 0 Å². The maximum Gasteiger partial charge on any atom is 0.169 e. The smallest absolute Gasteiger partial charge is 0.169 e. The number of fused-ring (bicyclic) bond motifs is 1. The second-order valence-electron chi connectivity index (χ2n) is 5.01. The summed E-state index contributed by atoms with van der Waals surface area (Å²) in [4.78, 5) is 0. The van der Waals surface area contributed by atoms with E-state index in [0.29, 0.717) is 12.4 Å². The number of hydrogen-bond acceptors (Lipinski definition) is 3. The van der Waals surface area contributed by atoms with E-state index in [1.54, 1.807) is 7.11 Å². The molecule has 0 amide bonds. The monoisotopic (exact) mass is 352 g/mol. The zero-order valence-electron chi connectivity index (χ0n) is 12.7. The number of halogens is 1. The van der Waals surface area contributed by atoms with Gasteiger partial charge >= 0.3 is 0 Å². The fraction of sp³-hybridized carbons (Fsp3) is 0.412. The van der Waals surface area contributed by atoms with Crippen molar-refractivity contribution >= 4 is 26.7 Å². The Hall–Kier alpha value is -1.42. The Labute approximate surface area is 134 Å². The first-order valence-electron chi connectivity index (χ1n) is 7.12. The first-order chi connectivity index (χ1) is 10.2. The number of methoxy groups -OCH3 is 1. The fourth-order valence-electron chi connectivity index (χ4n) is 2.16. The van der Waals surface area contributed by atoms with Gasteiger partial charge in [0.1, 0.15) is 5.75 Å². The largest absolute Gasteiger partial charge is 0.493 e. The van der Waals surface area contributed by atoms with Crippen LogP contribution in [-0.4, -0.2) is 25.2 Å². The number of benzene rings is 2. The fourth-order valence-corrected chi connectivity index (χ4v) is 2.38. The van der Waals surface area contributed by atoms with Crippen molar-refractivity contribution in [2.75, 3.05) is 19.0 Å². The molecule has 0 bridgehead atoms. The summed E-state index contributed by atoms with van der Waals surface area (Å²) >= 11 is 3.41. The Morgan fingerprint density at radius 1 is 1.10 bits per heavy atom. The highest BCUT2D eigenvalue weighted by Gasteiger charge is 2.15. The van der Waals surface area contributed by atoms with Crippen LogP contribution in [-0.2, 0) is 0 Å². The molecule has 0 fully saturated rings. The van der Waals surface area contributed by atoms with Crippen molar-refractivity contribution in [1.82, 2.24) is 0 Å². The Balaban J connectivity index is 2.50. The van der Waals surface area contributed by atoms with Crippen molar-refractivity contribution < 1.29 is 14.2 Å². The first-order valence-corrected chi connectivity index (χ1v) is 8.24. The van der Waals surface area contributed by atoms with E-state index in [2.05, 4.69) is 15.9 Å². The minimum Gasteiger partial charge on any atom is -0.493 e. The molecule has 21 heavy (non-hydrogen) atoms. The van der Waals surface area contributed by atoms with Gasteiger partial charge in [-0.05, 0) is 20.3 Å². The van der Waals surface area contributed by atoms with E-state index in [0.717, 1.165) is 34.0 Å². The predicted molar refractivity (Wildman–Crippen MR) is 90.2 cm³/mol. The van der Waals surface area contributed by atoms with Crippen molar-refractivity contribution in [3.05, 3.63) is 30.3 Å². The standard InChI is InChI=1S/C17H21BrO3/c1-12(2)21-17-14-8-5-4-7-13(14)15(11-16(17)19-3)20-10-6-9-18/h4-5,7-8,11-12H,6,9-10H2,1-3H3. The predicted octanol–water partition coefficient (Wildman–Crippen LogP) is 4.80. The molecule has 0 aliphatic heterocycles. The van der Waals surface area contributed by atoms with Gasteiger partial charge in [-0.25, -0.2) is 0 Å². The minimum absolute atomic E-state index is 0.0856. The highest BCUT2D eigenvalue weighted by molar-refractivity contribution is 9.09. The van der Waals surface area contributed by atoms with E-state index in [1.807, 2.05) is 44.2 Å². The molecule has 0 spiro atoms. The number of alkyl halides is 1. The van der Waals surface area contributed by atoms with Gasteiger partial charge in [-0.2, -0.15) is 0 Å². The van der Waals surface area contributed by atoms with Gasteiger partial charge in [0.05, 0.1) is 19.8 Å². The van der Waals surface area contributed by atoms with E-state index in [1.165, 1.54) is 0 Å². The molecule has 0 unspecified atom stereocenters. The zero-order chi connectivity index (χ0) is 15.2. The highest BCUT2D eigenvalue weighted by Crippen LogP contribution is 2.41. The normalized spacial score (nSPS) is 10.9. The van der Waals surface area contributed by atoms with E-state index in [-0.39, 0.29) is 6.10 Å². The van der Waals surface area contributed by atoms with Crippen LogP contribution in [0.15, 0.2) is 30.3 Å². The van der Waals surface area contributed by atoms with Crippen LogP contribution in [0.1, 0.15) is 20.3 Å². The molecule has 0 atom stereocenters. The van der Waals surface area contributed by atoms with Crippen LogP contribution in [0.5, 0.6) is 17.2 Å². The summed E-state index contributed by atoms with van der Waals surface area (Å²) in [6.45, 7) is 4.69. The lowest BCUT2D eigenvalue weighted by Crippen LogP contribution is -2.08. The summed E-state index contributed by atoms with van der Waals surface area (Å²) in [6, 6.07) is 10.00. The van der Waals surface area contributed by atoms with Crippen LogP contribution in [0.4, 0.5) is 0 Å². The molecule has 0 aliphatic rings. The molecular weight excluding hydrogens is 332 g/mol. The average molecular weight is 353 g/mol. The van der Waals surface area contributed by atoms with Crippen LogP contribution in [0.2, 0.25) is 0 Å². The Morgan fingerprint density at radius 3 is 2.43 bits per heavy atom. The van der Waals surface area contributed by atoms with Crippen molar-refractivity contribution in [1.29, 1.82) is 0 Å². The van der Waals surface area contributed by atoms with Gasteiger partial charge in [0.25, 0.3) is 0 Å². The molecule has 2 aromatic rings. The summed E-state index contributed by atoms with van der Waals surface area (Å²) < 4.78 is 17.3. The number of ether oxygens (including phenoxy) is 3.